The Morgan fingerprint density at radius 3 is 2.52 bits per heavy atom. The van der Waals surface area contributed by atoms with Crippen molar-refractivity contribution in [2.24, 2.45) is 11.8 Å². The summed E-state index contributed by atoms with van der Waals surface area (Å²) >= 11 is 0. The molecule has 3 aromatic rings. The fourth-order valence-corrected chi connectivity index (χ4v) is 7.46. The van der Waals surface area contributed by atoms with Gasteiger partial charge in [-0.05, 0) is 54.2 Å². The number of hydrogen-bond donors (Lipinski definition) is 1. The molecule has 0 aliphatic carbocycles. The van der Waals surface area contributed by atoms with E-state index in [9.17, 15) is 19.5 Å². The third-order valence-corrected chi connectivity index (χ3v) is 9.50. The third-order valence-electron chi connectivity index (χ3n) is 9.50. The van der Waals surface area contributed by atoms with Gasteiger partial charge in [0.05, 0.1) is 31.3 Å². The Morgan fingerprint density at radius 2 is 1.70 bits per heavy atom. The van der Waals surface area contributed by atoms with Crippen molar-refractivity contribution in [2.45, 2.75) is 49.5 Å². The number of benzene rings is 3. The van der Waals surface area contributed by atoms with Crippen LogP contribution in [0.5, 0.6) is 0 Å². The maximum atomic E-state index is 14.9. The van der Waals surface area contributed by atoms with Gasteiger partial charge in [0.15, 0.2) is 0 Å². The molecule has 4 heterocycles. The van der Waals surface area contributed by atoms with Gasteiger partial charge in [-0.3, -0.25) is 14.4 Å². The number of aliphatic hydroxyl groups excluding tert-OH is 1. The fourth-order valence-electron chi connectivity index (χ4n) is 7.46. The number of ether oxygens (including phenoxy) is 2. The van der Waals surface area contributed by atoms with E-state index >= 15 is 0 Å². The molecule has 1 unspecified atom stereocenters. The lowest BCUT2D eigenvalue weighted by molar-refractivity contribution is -0.155. The number of aliphatic hydroxyl groups is 1. The van der Waals surface area contributed by atoms with Crippen molar-refractivity contribution in [2.75, 3.05) is 24.7 Å². The van der Waals surface area contributed by atoms with E-state index in [1.807, 2.05) is 97.1 Å². The Morgan fingerprint density at radius 1 is 0.909 bits per heavy atom. The zero-order chi connectivity index (χ0) is 30.3. The highest BCUT2D eigenvalue weighted by Crippen LogP contribution is 2.54. The van der Waals surface area contributed by atoms with E-state index in [2.05, 4.69) is 0 Å². The van der Waals surface area contributed by atoms with E-state index in [1.165, 1.54) is 4.90 Å². The number of nitrogens with zero attached hydrogens (tertiary/aromatic N) is 2. The average Bonchev–Trinajstić information content (AvgIpc) is 3.44. The topological polar surface area (TPSA) is 96.4 Å². The molecule has 2 fully saturated rings. The number of anilines is 1. The van der Waals surface area contributed by atoms with Crippen LogP contribution in [0.25, 0.3) is 10.8 Å². The second-order valence-electron chi connectivity index (χ2n) is 12.1. The van der Waals surface area contributed by atoms with Crippen LogP contribution in [0.3, 0.4) is 0 Å². The lowest BCUT2D eigenvalue weighted by Crippen LogP contribution is -2.58. The average molecular weight is 593 g/mol. The highest BCUT2D eigenvalue weighted by Gasteiger charge is 2.72. The molecule has 0 saturated carbocycles. The van der Waals surface area contributed by atoms with Crippen LogP contribution in [-0.4, -0.2) is 71.3 Å². The summed E-state index contributed by atoms with van der Waals surface area (Å²) in [4.78, 5) is 46.3. The van der Waals surface area contributed by atoms with Gasteiger partial charge in [0.2, 0.25) is 5.91 Å². The van der Waals surface area contributed by atoms with Crippen molar-refractivity contribution in [3.63, 3.8) is 0 Å². The molecular weight excluding hydrogens is 556 g/mol. The number of amides is 2. The Kier molecular flexibility index (Phi) is 7.56. The lowest BCUT2D eigenvalue weighted by Gasteiger charge is -2.38. The molecule has 44 heavy (non-hydrogen) atoms. The van der Waals surface area contributed by atoms with Gasteiger partial charge in [-0.1, -0.05) is 85.0 Å². The molecule has 226 valence electrons. The van der Waals surface area contributed by atoms with E-state index in [-0.39, 0.29) is 31.6 Å². The Hall–Kier alpha value is -4.27. The monoisotopic (exact) mass is 592 g/mol. The molecular formula is C36H36N2O6. The maximum Gasteiger partial charge on any atom is 0.312 e. The minimum Gasteiger partial charge on any atom is -0.465 e. The molecule has 4 aliphatic heterocycles. The summed E-state index contributed by atoms with van der Waals surface area (Å²) in [7, 11) is 0. The minimum absolute atomic E-state index is 0.269. The third kappa shape index (κ3) is 4.73. The molecule has 3 aromatic carbocycles. The molecule has 8 nitrogen and oxygen atoms in total. The normalized spacial score (nSPS) is 29.9. The zero-order valence-electron chi connectivity index (χ0n) is 24.5. The van der Waals surface area contributed by atoms with Crippen molar-refractivity contribution in [1.82, 2.24) is 4.90 Å². The SMILES string of the molecule is O=C1OCCCC/C=C\[C@@H]2O[C@]34C=CCN(c5ccc6ccccc6c5)C(=O)C3N([C@@H](CO)Cc3ccccc3)C(=O)[C@@H]4[C@H]12. The molecule has 0 radical (unpaired) electrons. The first-order valence-corrected chi connectivity index (χ1v) is 15.5. The molecule has 0 aromatic heterocycles. The van der Waals surface area contributed by atoms with E-state index in [4.69, 9.17) is 9.47 Å². The van der Waals surface area contributed by atoms with Crippen LogP contribution in [-0.2, 0) is 30.3 Å². The van der Waals surface area contributed by atoms with E-state index in [0.717, 1.165) is 35.6 Å². The van der Waals surface area contributed by atoms with E-state index < -0.39 is 41.6 Å². The number of fused-ring (bicyclic) bond motifs is 3. The first-order chi connectivity index (χ1) is 21.5. The Labute approximate surface area is 256 Å². The number of carbonyl (C=O) groups excluding carboxylic acids is 3. The molecule has 1 N–H and O–H groups in total. The summed E-state index contributed by atoms with van der Waals surface area (Å²) < 4.78 is 12.4. The molecule has 6 atom stereocenters. The van der Waals surface area contributed by atoms with E-state index in [0.29, 0.717) is 12.1 Å². The van der Waals surface area contributed by atoms with Gasteiger partial charge in [0.25, 0.3) is 5.91 Å². The first-order valence-electron chi connectivity index (χ1n) is 15.5. The quantitative estimate of drug-likeness (QED) is 0.352. The van der Waals surface area contributed by atoms with E-state index in [1.54, 1.807) is 4.90 Å². The van der Waals surface area contributed by atoms with Crippen molar-refractivity contribution >= 4 is 34.2 Å². The number of allylic oxidation sites excluding steroid dienone is 1. The molecule has 0 bridgehead atoms. The highest BCUT2D eigenvalue weighted by atomic mass is 16.6. The van der Waals surface area contributed by atoms with Gasteiger partial charge in [0, 0.05) is 12.2 Å². The van der Waals surface area contributed by atoms with Gasteiger partial charge in [-0.25, -0.2) is 0 Å². The summed E-state index contributed by atoms with van der Waals surface area (Å²) in [6.07, 6.45) is 9.59. The smallest absolute Gasteiger partial charge is 0.312 e. The van der Waals surface area contributed by atoms with Gasteiger partial charge in [-0.15, -0.1) is 0 Å². The van der Waals surface area contributed by atoms with Crippen LogP contribution in [0.4, 0.5) is 5.69 Å². The van der Waals surface area contributed by atoms with Gasteiger partial charge in [0.1, 0.15) is 17.6 Å². The van der Waals surface area contributed by atoms with Crippen molar-refractivity contribution < 1.29 is 29.0 Å². The van der Waals surface area contributed by atoms with Crippen LogP contribution in [0.15, 0.2) is 97.1 Å². The number of esters is 1. The summed E-state index contributed by atoms with van der Waals surface area (Å²) in [6, 6.07) is 21.6. The molecule has 7 rings (SSSR count). The number of carbonyl (C=O) groups is 3. The number of cyclic esters (lactones) is 1. The van der Waals surface area contributed by atoms with Crippen LogP contribution < -0.4 is 4.90 Å². The van der Waals surface area contributed by atoms with Crippen LogP contribution in [0.2, 0.25) is 0 Å². The predicted molar refractivity (Wildman–Crippen MR) is 166 cm³/mol. The molecule has 4 aliphatic rings. The van der Waals surface area contributed by atoms with Crippen LogP contribution in [0.1, 0.15) is 24.8 Å². The number of likely N-dealkylation sites (tertiary alicyclic amines) is 1. The van der Waals surface area contributed by atoms with Crippen molar-refractivity contribution in [3.05, 3.63) is 103 Å². The molecule has 2 amide bonds. The van der Waals surface area contributed by atoms with Gasteiger partial charge >= 0.3 is 5.97 Å². The molecule has 1 spiro atoms. The second-order valence-corrected chi connectivity index (χ2v) is 12.1. The highest BCUT2D eigenvalue weighted by molar-refractivity contribution is 6.06. The minimum atomic E-state index is -1.41. The zero-order valence-corrected chi connectivity index (χ0v) is 24.5. The number of rotatable bonds is 5. The first kappa shape index (κ1) is 28.5. The van der Waals surface area contributed by atoms with Gasteiger partial charge < -0.3 is 24.4 Å². The van der Waals surface area contributed by atoms with Crippen molar-refractivity contribution in [1.29, 1.82) is 0 Å². The maximum absolute atomic E-state index is 14.9. The summed E-state index contributed by atoms with van der Waals surface area (Å²) in [5, 5.41) is 12.8. The Balaban J connectivity index is 1.35. The summed E-state index contributed by atoms with van der Waals surface area (Å²) in [5.41, 5.74) is 0.218. The standard InChI is InChI=1S/C36H36N2O6/c39-23-28(21-24-11-4-3-5-12-24)38-32-34(41)37(27-17-16-25-13-7-8-14-26(25)22-27)19-10-18-36(32)31(33(38)40)30-29(44-36)15-6-1-2-9-20-43-35(30)42/h3-8,10-18,22,28-32,39H,1-2,9,19-21,23H2/b15-6-/t28-,29+,30-,31+,32?,36+/m1/s1. The second kappa shape index (κ2) is 11.7. The predicted octanol–water partition coefficient (Wildman–Crippen LogP) is 4.21. The number of hydrogen-bond acceptors (Lipinski definition) is 6. The van der Waals surface area contributed by atoms with Crippen molar-refractivity contribution in [3.8, 4) is 0 Å². The van der Waals surface area contributed by atoms with Crippen LogP contribution in [0, 0.1) is 11.8 Å². The largest absolute Gasteiger partial charge is 0.465 e. The Bertz CT molecular complexity index is 1640. The molecule has 2 saturated heterocycles. The van der Waals surface area contributed by atoms with Crippen LogP contribution >= 0.6 is 0 Å². The van der Waals surface area contributed by atoms with Gasteiger partial charge in [-0.2, -0.15) is 0 Å². The summed E-state index contributed by atoms with van der Waals surface area (Å²) in [5.74, 6) is -3.06. The fraction of sp³-hybridized carbons (Fsp3) is 0.361. The molecule has 8 heteroatoms. The lowest BCUT2D eigenvalue weighted by atomic mass is 9.78. The summed E-state index contributed by atoms with van der Waals surface area (Å²) in [6.45, 7) is 0.186.